The highest BCUT2D eigenvalue weighted by Crippen LogP contribution is 2.09. The molecule has 0 saturated carbocycles. The first-order valence-electron chi connectivity index (χ1n) is 6.08. The maximum atomic E-state index is 10.8. The molecule has 0 radical (unpaired) electrons. The van der Waals surface area contributed by atoms with Crippen LogP contribution in [0.4, 0.5) is 0 Å². The topological polar surface area (TPSA) is 52.3 Å². The van der Waals surface area contributed by atoms with Gasteiger partial charge in [-0.15, -0.1) is 0 Å². The summed E-state index contributed by atoms with van der Waals surface area (Å²) in [5.74, 6) is -0.0852. The number of ether oxygens (including phenoxy) is 1. The smallest absolute Gasteiger partial charge is 0.305 e. The van der Waals surface area contributed by atoms with Crippen molar-refractivity contribution < 1.29 is 9.53 Å². The first-order chi connectivity index (χ1) is 7.31. The van der Waals surface area contributed by atoms with Crippen LogP contribution in [0, 0.1) is 0 Å². The average molecular weight is 215 g/mol. The van der Waals surface area contributed by atoms with Crippen LogP contribution in [0.2, 0.25) is 0 Å². The largest absolute Gasteiger partial charge is 0.469 e. The van der Waals surface area contributed by atoms with Crippen LogP contribution >= 0.6 is 0 Å². The summed E-state index contributed by atoms with van der Waals surface area (Å²) in [6.45, 7) is 0.819. The Labute approximate surface area is 93.4 Å². The molecule has 0 aromatic heterocycles. The number of esters is 1. The van der Waals surface area contributed by atoms with Crippen molar-refractivity contribution in [3.8, 4) is 0 Å². The van der Waals surface area contributed by atoms with Crippen LogP contribution in [0.1, 0.15) is 57.8 Å². The minimum absolute atomic E-state index is 0.0852. The molecule has 3 heteroatoms. The van der Waals surface area contributed by atoms with E-state index in [0.717, 1.165) is 25.8 Å². The molecule has 0 aromatic rings. The molecule has 3 nitrogen and oxygen atoms in total. The maximum absolute atomic E-state index is 10.8. The number of rotatable bonds is 10. The van der Waals surface area contributed by atoms with Crippen molar-refractivity contribution in [3.05, 3.63) is 0 Å². The van der Waals surface area contributed by atoms with Crippen LogP contribution in [-0.2, 0) is 9.53 Å². The summed E-state index contributed by atoms with van der Waals surface area (Å²) in [6.07, 6.45) is 10.2. The lowest BCUT2D eigenvalue weighted by molar-refractivity contribution is -0.140. The summed E-state index contributed by atoms with van der Waals surface area (Å²) in [4.78, 5) is 10.8. The molecular weight excluding hydrogens is 190 g/mol. The summed E-state index contributed by atoms with van der Waals surface area (Å²) in [6, 6.07) is 0. The monoisotopic (exact) mass is 215 g/mol. The van der Waals surface area contributed by atoms with Crippen molar-refractivity contribution in [1.29, 1.82) is 0 Å². The van der Waals surface area contributed by atoms with Crippen LogP contribution in [0.3, 0.4) is 0 Å². The van der Waals surface area contributed by atoms with Gasteiger partial charge in [-0.3, -0.25) is 4.79 Å². The molecule has 90 valence electrons. The minimum atomic E-state index is -0.0852. The van der Waals surface area contributed by atoms with Crippen LogP contribution in [-0.4, -0.2) is 19.6 Å². The normalized spacial score (nSPS) is 10.3. The molecule has 0 aliphatic rings. The third-order valence-electron chi connectivity index (χ3n) is 2.56. The number of hydrogen-bond donors (Lipinski definition) is 1. The summed E-state index contributed by atoms with van der Waals surface area (Å²) < 4.78 is 4.57. The number of hydrogen-bond acceptors (Lipinski definition) is 3. The lowest BCUT2D eigenvalue weighted by Crippen LogP contribution is -1.99. The predicted octanol–water partition coefficient (Wildman–Crippen LogP) is 2.63. The molecule has 2 N–H and O–H groups in total. The van der Waals surface area contributed by atoms with Gasteiger partial charge in [0.1, 0.15) is 0 Å². The van der Waals surface area contributed by atoms with E-state index >= 15 is 0 Å². The summed E-state index contributed by atoms with van der Waals surface area (Å²) >= 11 is 0. The van der Waals surface area contributed by atoms with Gasteiger partial charge in [-0.25, -0.2) is 0 Å². The second-order valence-corrected chi connectivity index (χ2v) is 3.94. The van der Waals surface area contributed by atoms with Crippen LogP contribution < -0.4 is 5.73 Å². The van der Waals surface area contributed by atoms with E-state index in [2.05, 4.69) is 4.74 Å². The predicted molar refractivity (Wildman–Crippen MR) is 62.6 cm³/mol. The van der Waals surface area contributed by atoms with Gasteiger partial charge in [-0.2, -0.15) is 0 Å². The Morgan fingerprint density at radius 3 is 1.87 bits per heavy atom. The van der Waals surface area contributed by atoms with Crippen molar-refractivity contribution in [3.63, 3.8) is 0 Å². The van der Waals surface area contributed by atoms with Crippen LogP contribution in [0.25, 0.3) is 0 Å². The van der Waals surface area contributed by atoms with Gasteiger partial charge in [0.05, 0.1) is 7.11 Å². The fourth-order valence-corrected chi connectivity index (χ4v) is 1.58. The van der Waals surface area contributed by atoms with E-state index in [0.29, 0.717) is 6.42 Å². The Morgan fingerprint density at radius 1 is 0.933 bits per heavy atom. The zero-order valence-corrected chi connectivity index (χ0v) is 9.96. The molecule has 0 amide bonds. The van der Waals surface area contributed by atoms with E-state index in [4.69, 9.17) is 5.73 Å². The van der Waals surface area contributed by atoms with Crippen LogP contribution in [0.5, 0.6) is 0 Å². The van der Waals surface area contributed by atoms with E-state index in [1.54, 1.807) is 0 Å². The summed E-state index contributed by atoms with van der Waals surface area (Å²) in [5, 5.41) is 0. The molecule has 0 bridgehead atoms. The van der Waals surface area contributed by atoms with E-state index in [1.807, 2.05) is 0 Å². The minimum Gasteiger partial charge on any atom is -0.469 e. The first kappa shape index (κ1) is 14.4. The quantitative estimate of drug-likeness (QED) is 0.450. The van der Waals surface area contributed by atoms with Gasteiger partial charge in [-0.05, 0) is 19.4 Å². The molecule has 0 atom stereocenters. The number of nitrogens with two attached hydrogens (primary N) is 1. The van der Waals surface area contributed by atoms with Gasteiger partial charge in [0, 0.05) is 6.42 Å². The van der Waals surface area contributed by atoms with Crippen LogP contribution in [0.15, 0.2) is 0 Å². The third-order valence-corrected chi connectivity index (χ3v) is 2.56. The molecule has 0 heterocycles. The van der Waals surface area contributed by atoms with E-state index < -0.39 is 0 Å². The lowest BCUT2D eigenvalue weighted by Gasteiger charge is -2.01. The fraction of sp³-hybridized carbons (Fsp3) is 0.917. The second-order valence-electron chi connectivity index (χ2n) is 3.94. The highest BCUT2D eigenvalue weighted by molar-refractivity contribution is 5.68. The van der Waals surface area contributed by atoms with Crippen molar-refractivity contribution >= 4 is 5.97 Å². The zero-order valence-electron chi connectivity index (χ0n) is 9.96. The molecule has 0 saturated heterocycles. The highest BCUT2D eigenvalue weighted by atomic mass is 16.5. The standard InChI is InChI=1S/C12H25NO2/c1-15-12(14)10-8-6-4-2-3-5-7-9-11-13/h2-11,13H2,1H3. The van der Waals surface area contributed by atoms with E-state index in [1.165, 1.54) is 39.2 Å². The molecule has 0 unspecified atom stereocenters. The zero-order chi connectivity index (χ0) is 11.4. The maximum Gasteiger partial charge on any atom is 0.305 e. The molecule has 0 aliphatic heterocycles. The fourth-order valence-electron chi connectivity index (χ4n) is 1.58. The van der Waals surface area contributed by atoms with Gasteiger partial charge in [0.25, 0.3) is 0 Å². The third kappa shape index (κ3) is 11.4. The summed E-state index contributed by atoms with van der Waals surface area (Å²) in [7, 11) is 1.44. The van der Waals surface area contributed by atoms with Crippen molar-refractivity contribution in [2.75, 3.05) is 13.7 Å². The Balaban J connectivity index is 2.95. The Kier molecular flexibility index (Phi) is 11.1. The first-order valence-corrected chi connectivity index (χ1v) is 6.08. The van der Waals surface area contributed by atoms with Gasteiger partial charge >= 0.3 is 5.97 Å². The van der Waals surface area contributed by atoms with Gasteiger partial charge in [0.15, 0.2) is 0 Å². The molecule has 0 aliphatic carbocycles. The van der Waals surface area contributed by atoms with Gasteiger partial charge in [0.2, 0.25) is 0 Å². The number of carbonyl (C=O) groups excluding carboxylic acids is 1. The highest BCUT2D eigenvalue weighted by Gasteiger charge is 1.98. The summed E-state index contributed by atoms with van der Waals surface area (Å²) in [5.41, 5.74) is 5.41. The van der Waals surface area contributed by atoms with Crippen molar-refractivity contribution in [2.24, 2.45) is 5.73 Å². The SMILES string of the molecule is COC(=O)CCCCCCCCCCN. The molecular formula is C12H25NO2. The van der Waals surface area contributed by atoms with E-state index in [9.17, 15) is 4.79 Å². The number of carbonyl (C=O) groups is 1. The Bertz CT molecular complexity index is 149. The molecule has 0 rings (SSSR count). The molecule has 0 aromatic carbocycles. The lowest BCUT2D eigenvalue weighted by atomic mass is 10.1. The Morgan fingerprint density at radius 2 is 1.40 bits per heavy atom. The average Bonchev–Trinajstić information content (AvgIpc) is 2.26. The second kappa shape index (κ2) is 11.5. The molecule has 0 fully saturated rings. The van der Waals surface area contributed by atoms with Crippen molar-refractivity contribution in [2.45, 2.75) is 57.8 Å². The van der Waals surface area contributed by atoms with Gasteiger partial charge in [-0.1, -0.05) is 38.5 Å². The van der Waals surface area contributed by atoms with Gasteiger partial charge < -0.3 is 10.5 Å². The van der Waals surface area contributed by atoms with E-state index in [-0.39, 0.29) is 5.97 Å². The molecule has 0 spiro atoms. The Hall–Kier alpha value is -0.570. The van der Waals surface area contributed by atoms with Crippen molar-refractivity contribution in [1.82, 2.24) is 0 Å². The molecule has 15 heavy (non-hydrogen) atoms. The number of unbranched alkanes of at least 4 members (excludes halogenated alkanes) is 7. The number of methoxy groups -OCH3 is 1.